The minimum atomic E-state index is 0.572. The summed E-state index contributed by atoms with van der Waals surface area (Å²) >= 11 is 6.05. The van der Waals surface area contributed by atoms with E-state index in [0.717, 1.165) is 46.6 Å². The van der Waals surface area contributed by atoms with Crippen LogP contribution in [-0.2, 0) is 0 Å². The molecular formula is C22H24ClN5. The average molecular weight is 394 g/mol. The van der Waals surface area contributed by atoms with E-state index in [2.05, 4.69) is 49.8 Å². The average Bonchev–Trinajstić information content (AvgIpc) is 3.19. The Kier molecular flexibility index (Phi) is 5.35. The van der Waals surface area contributed by atoms with E-state index in [1.54, 1.807) is 0 Å². The molecule has 5 nitrogen and oxygen atoms in total. The number of halogens is 1. The first-order chi connectivity index (χ1) is 13.6. The fraction of sp³-hybridized carbons (Fsp3) is 0.273. The molecule has 144 valence electrons. The van der Waals surface area contributed by atoms with Crippen LogP contribution in [0.25, 0.3) is 0 Å². The fourth-order valence-electron chi connectivity index (χ4n) is 3.45. The first-order valence-corrected chi connectivity index (χ1v) is 9.95. The molecule has 2 heterocycles. The number of aromatic nitrogens is 2. The largest absolute Gasteiger partial charge is 0.372 e. The lowest BCUT2D eigenvalue weighted by molar-refractivity contribution is 0.949. The van der Waals surface area contributed by atoms with E-state index in [4.69, 9.17) is 11.6 Å². The maximum absolute atomic E-state index is 6.05. The van der Waals surface area contributed by atoms with Gasteiger partial charge in [0.15, 0.2) is 0 Å². The van der Waals surface area contributed by atoms with Gasteiger partial charge in [-0.3, -0.25) is 0 Å². The Labute approximate surface area is 170 Å². The van der Waals surface area contributed by atoms with Gasteiger partial charge in [-0.2, -0.15) is 4.98 Å². The van der Waals surface area contributed by atoms with Gasteiger partial charge in [-0.05, 0) is 74.7 Å². The van der Waals surface area contributed by atoms with Crippen molar-refractivity contribution in [3.8, 4) is 0 Å². The molecule has 2 aromatic carbocycles. The first-order valence-electron chi connectivity index (χ1n) is 9.58. The molecule has 2 N–H and O–H groups in total. The molecule has 0 radical (unpaired) electrons. The zero-order valence-electron chi connectivity index (χ0n) is 16.2. The van der Waals surface area contributed by atoms with Crippen molar-refractivity contribution < 1.29 is 0 Å². The van der Waals surface area contributed by atoms with Crippen LogP contribution in [0.4, 0.5) is 28.8 Å². The summed E-state index contributed by atoms with van der Waals surface area (Å²) in [6, 6.07) is 16.1. The fourth-order valence-corrected chi connectivity index (χ4v) is 3.68. The SMILES string of the molecule is Cc1cc(Nc2ccc(Cl)cc2C)nc(Nc2ccc(N3CCCC3)cc2)n1. The van der Waals surface area contributed by atoms with Crippen LogP contribution in [-0.4, -0.2) is 23.1 Å². The van der Waals surface area contributed by atoms with E-state index in [1.807, 2.05) is 38.1 Å². The van der Waals surface area contributed by atoms with E-state index in [1.165, 1.54) is 18.5 Å². The highest BCUT2D eigenvalue weighted by atomic mass is 35.5. The molecule has 1 saturated heterocycles. The van der Waals surface area contributed by atoms with Crippen molar-refractivity contribution in [2.24, 2.45) is 0 Å². The Morgan fingerprint density at radius 3 is 2.36 bits per heavy atom. The molecule has 0 amide bonds. The Bertz CT molecular complexity index is 965. The van der Waals surface area contributed by atoms with Crippen LogP contribution in [0, 0.1) is 13.8 Å². The van der Waals surface area contributed by atoms with Gasteiger partial charge >= 0.3 is 0 Å². The lowest BCUT2D eigenvalue weighted by Crippen LogP contribution is -2.17. The first kappa shape index (κ1) is 18.6. The zero-order chi connectivity index (χ0) is 19.5. The summed E-state index contributed by atoms with van der Waals surface area (Å²) in [5.41, 5.74) is 5.18. The van der Waals surface area contributed by atoms with Crippen LogP contribution in [0.1, 0.15) is 24.1 Å². The van der Waals surface area contributed by atoms with Gasteiger partial charge < -0.3 is 15.5 Å². The van der Waals surface area contributed by atoms with E-state index < -0.39 is 0 Å². The Morgan fingerprint density at radius 1 is 0.893 bits per heavy atom. The van der Waals surface area contributed by atoms with Crippen LogP contribution in [0.15, 0.2) is 48.5 Å². The Balaban J connectivity index is 1.50. The van der Waals surface area contributed by atoms with Crippen LogP contribution in [0.5, 0.6) is 0 Å². The van der Waals surface area contributed by atoms with E-state index in [-0.39, 0.29) is 0 Å². The zero-order valence-corrected chi connectivity index (χ0v) is 16.9. The molecular weight excluding hydrogens is 370 g/mol. The third-order valence-corrected chi connectivity index (χ3v) is 5.14. The van der Waals surface area contributed by atoms with Crippen molar-refractivity contribution in [1.29, 1.82) is 0 Å². The van der Waals surface area contributed by atoms with E-state index in [0.29, 0.717) is 5.95 Å². The molecule has 0 spiro atoms. The van der Waals surface area contributed by atoms with Crippen LogP contribution in [0.3, 0.4) is 0 Å². The van der Waals surface area contributed by atoms with Crippen molar-refractivity contribution in [2.75, 3.05) is 28.6 Å². The molecule has 1 fully saturated rings. The maximum atomic E-state index is 6.05. The predicted octanol–water partition coefficient (Wildman–Crippen LogP) is 5.83. The second-order valence-electron chi connectivity index (χ2n) is 7.17. The van der Waals surface area contributed by atoms with Gasteiger partial charge in [0.25, 0.3) is 0 Å². The molecule has 0 aliphatic carbocycles. The standard InChI is InChI=1S/C22H24ClN5/c1-15-13-17(23)5-10-20(15)26-21-14-16(2)24-22(27-21)25-18-6-8-19(9-7-18)28-11-3-4-12-28/h5-10,13-14H,3-4,11-12H2,1-2H3,(H2,24,25,26,27). The summed E-state index contributed by atoms with van der Waals surface area (Å²) < 4.78 is 0. The highest BCUT2D eigenvalue weighted by Crippen LogP contribution is 2.25. The van der Waals surface area contributed by atoms with Gasteiger partial charge in [-0.1, -0.05) is 11.6 Å². The number of hydrogen-bond acceptors (Lipinski definition) is 5. The molecule has 0 saturated carbocycles. The molecule has 6 heteroatoms. The Hall–Kier alpha value is -2.79. The molecule has 1 aromatic heterocycles. The second kappa shape index (κ2) is 8.07. The van der Waals surface area contributed by atoms with Gasteiger partial charge in [-0.25, -0.2) is 4.98 Å². The number of benzene rings is 2. The summed E-state index contributed by atoms with van der Waals surface area (Å²) in [5.74, 6) is 1.32. The predicted molar refractivity (Wildman–Crippen MR) is 117 cm³/mol. The van der Waals surface area contributed by atoms with Crippen molar-refractivity contribution in [2.45, 2.75) is 26.7 Å². The van der Waals surface area contributed by atoms with E-state index >= 15 is 0 Å². The molecule has 0 bridgehead atoms. The van der Waals surface area contributed by atoms with Crippen molar-refractivity contribution >= 4 is 40.4 Å². The lowest BCUT2D eigenvalue weighted by Gasteiger charge is -2.18. The number of nitrogens with zero attached hydrogens (tertiary/aromatic N) is 3. The minimum absolute atomic E-state index is 0.572. The van der Waals surface area contributed by atoms with Crippen LogP contribution < -0.4 is 15.5 Å². The van der Waals surface area contributed by atoms with Crippen LogP contribution >= 0.6 is 11.6 Å². The quantitative estimate of drug-likeness (QED) is 0.570. The highest BCUT2D eigenvalue weighted by molar-refractivity contribution is 6.30. The minimum Gasteiger partial charge on any atom is -0.372 e. The summed E-state index contributed by atoms with van der Waals surface area (Å²) in [7, 11) is 0. The third-order valence-electron chi connectivity index (χ3n) is 4.90. The maximum Gasteiger partial charge on any atom is 0.229 e. The number of aryl methyl sites for hydroxylation is 2. The monoisotopic (exact) mass is 393 g/mol. The molecule has 1 aliphatic rings. The van der Waals surface area contributed by atoms with Gasteiger partial charge in [0.05, 0.1) is 0 Å². The Morgan fingerprint density at radius 2 is 1.64 bits per heavy atom. The molecule has 1 aliphatic heterocycles. The lowest BCUT2D eigenvalue weighted by atomic mass is 10.2. The highest BCUT2D eigenvalue weighted by Gasteiger charge is 2.12. The number of rotatable bonds is 5. The molecule has 3 aromatic rings. The van der Waals surface area contributed by atoms with Crippen molar-refractivity contribution in [3.05, 3.63) is 64.8 Å². The number of nitrogens with one attached hydrogen (secondary N) is 2. The normalized spacial score (nSPS) is 13.6. The number of anilines is 5. The molecule has 0 atom stereocenters. The molecule has 0 unspecified atom stereocenters. The third kappa shape index (κ3) is 4.37. The second-order valence-corrected chi connectivity index (χ2v) is 7.60. The van der Waals surface area contributed by atoms with Crippen molar-refractivity contribution in [3.63, 3.8) is 0 Å². The summed E-state index contributed by atoms with van der Waals surface area (Å²) in [6.07, 6.45) is 2.56. The number of hydrogen-bond donors (Lipinski definition) is 2. The summed E-state index contributed by atoms with van der Waals surface area (Å²) in [5, 5.41) is 7.39. The molecule has 4 rings (SSSR count). The van der Waals surface area contributed by atoms with Gasteiger partial charge in [-0.15, -0.1) is 0 Å². The smallest absolute Gasteiger partial charge is 0.229 e. The van der Waals surface area contributed by atoms with Gasteiger partial charge in [0.2, 0.25) is 5.95 Å². The summed E-state index contributed by atoms with van der Waals surface area (Å²) in [6.45, 7) is 6.27. The topological polar surface area (TPSA) is 53.1 Å². The van der Waals surface area contributed by atoms with E-state index in [9.17, 15) is 0 Å². The van der Waals surface area contributed by atoms with Gasteiger partial charge in [0, 0.05) is 46.9 Å². The summed E-state index contributed by atoms with van der Waals surface area (Å²) in [4.78, 5) is 11.5. The molecule has 28 heavy (non-hydrogen) atoms. The van der Waals surface area contributed by atoms with Crippen molar-refractivity contribution in [1.82, 2.24) is 9.97 Å². The van der Waals surface area contributed by atoms with Gasteiger partial charge in [0.1, 0.15) is 5.82 Å². The van der Waals surface area contributed by atoms with Crippen LogP contribution in [0.2, 0.25) is 5.02 Å².